The minimum absolute atomic E-state index is 0. The average Bonchev–Trinajstić information content (AvgIpc) is 2.40. The standard InChI is InChI=1S/C12H14N2O5.ClH/c15-12(16)11(13-5-7-19-8-6-13)9-1-3-10(4-2-9)14(17)18;/h1-4,11H,5-8H2,(H,15,16);1H. The largest absolute Gasteiger partial charge is 0.480 e. The van der Waals surface area contributed by atoms with Crippen LogP contribution < -0.4 is 0 Å². The fourth-order valence-electron chi connectivity index (χ4n) is 2.12. The molecule has 0 radical (unpaired) electrons. The normalized spacial score (nSPS) is 17.0. The molecule has 2 rings (SSSR count). The number of halogens is 1. The number of hydrogen-bond donors (Lipinski definition) is 1. The van der Waals surface area contributed by atoms with E-state index < -0.39 is 16.9 Å². The zero-order valence-corrected chi connectivity index (χ0v) is 11.4. The second-order valence-corrected chi connectivity index (χ2v) is 4.24. The van der Waals surface area contributed by atoms with Gasteiger partial charge in [-0.05, 0) is 5.56 Å². The third kappa shape index (κ3) is 3.66. The van der Waals surface area contributed by atoms with Crippen LogP contribution in [0.4, 0.5) is 5.69 Å². The van der Waals surface area contributed by atoms with E-state index in [1.54, 1.807) is 4.90 Å². The fourth-order valence-corrected chi connectivity index (χ4v) is 2.12. The second kappa shape index (κ2) is 7.18. The minimum Gasteiger partial charge on any atom is -0.480 e. The zero-order valence-electron chi connectivity index (χ0n) is 10.6. The Morgan fingerprint density at radius 1 is 1.30 bits per heavy atom. The maximum absolute atomic E-state index is 11.4. The van der Waals surface area contributed by atoms with E-state index in [2.05, 4.69) is 0 Å². The molecule has 1 aromatic carbocycles. The molecular formula is C12H15ClN2O5. The molecule has 1 unspecified atom stereocenters. The van der Waals surface area contributed by atoms with Crippen LogP contribution in [0.1, 0.15) is 11.6 Å². The van der Waals surface area contributed by atoms with E-state index in [4.69, 9.17) is 4.74 Å². The Kier molecular flexibility index (Phi) is 5.87. The maximum Gasteiger partial charge on any atom is 0.325 e. The molecule has 1 fully saturated rings. The predicted molar refractivity (Wildman–Crippen MR) is 73.1 cm³/mol. The van der Waals surface area contributed by atoms with Crippen molar-refractivity contribution in [1.82, 2.24) is 4.90 Å². The summed E-state index contributed by atoms with van der Waals surface area (Å²) in [4.78, 5) is 23.3. The number of carboxylic acids is 1. The van der Waals surface area contributed by atoms with Crippen LogP contribution in [0.25, 0.3) is 0 Å². The van der Waals surface area contributed by atoms with E-state index >= 15 is 0 Å². The number of carboxylic acid groups (broad SMARTS) is 1. The number of hydrogen-bond acceptors (Lipinski definition) is 5. The third-order valence-corrected chi connectivity index (χ3v) is 3.06. The SMILES string of the molecule is Cl.O=C(O)C(c1ccc([N+](=O)[O-])cc1)N1CCOCC1. The number of nitrogens with zero attached hydrogens (tertiary/aromatic N) is 2. The summed E-state index contributed by atoms with van der Waals surface area (Å²) >= 11 is 0. The highest BCUT2D eigenvalue weighted by Gasteiger charge is 2.28. The summed E-state index contributed by atoms with van der Waals surface area (Å²) in [6.45, 7) is 2.06. The maximum atomic E-state index is 11.4. The van der Waals surface area contributed by atoms with E-state index in [1.165, 1.54) is 24.3 Å². The number of ether oxygens (including phenoxy) is 1. The zero-order chi connectivity index (χ0) is 13.8. The van der Waals surface area contributed by atoms with Crippen molar-refractivity contribution in [3.05, 3.63) is 39.9 Å². The van der Waals surface area contributed by atoms with Crippen LogP contribution >= 0.6 is 12.4 Å². The second-order valence-electron chi connectivity index (χ2n) is 4.24. The van der Waals surface area contributed by atoms with Crippen molar-refractivity contribution in [1.29, 1.82) is 0 Å². The Morgan fingerprint density at radius 3 is 2.30 bits per heavy atom. The van der Waals surface area contributed by atoms with Crippen molar-refractivity contribution in [2.75, 3.05) is 26.3 Å². The monoisotopic (exact) mass is 302 g/mol. The van der Waals surface area contributed by atoms with Gasteiger partial charge in [-0.1, -0.05) is 12.1 Å². The number of nitro groups is 1. The molecule has 1 atom stereocenters. The number of carbonyl (C=O) groups is 1. The number of nitro benzene ring substituents is 1. The van der Waals surface area contributed by atoms with Crippen molar-refractivity contribution in [3.63, 3.8) is 0 Å². The Morgan fingerprint density at radius 2 is 1.85 bits per heavy atom. The first-order valence-electron chi connectivity index (χ1n) is 5.88. The first-order valence-corrected chi connectivity index (χ1v) is 5.88. The molecule has 0 amide bonds. The van der Waals surface area contributed by atoms with E-state index in [-0.39, 0.29) is 18.1 Å². The van der Waals surface area contributed by atoms with Gasteiger partial charge in [0.25, 0.3) is 5.69 Å². The highest BCUT2D eigenvalue weighted by atomic mass is 35.5. The molecule has 0 saturated carbocycles. The number of rotatable bonds is 4. The van der Waals surface area contributed by atoms with Crippen molar-refractivity contribution in [2.45, 2.75) is 6.04 Å². The molecule has 1 heterocycles. The summed E-state index contributed by atoms with van der Waals surface area (Å²) in [5.41, 5.74) is 0.495. The number of morpholine rings is 1. The summed E-state index contributed by atoms with van der Waals surface area (Å²) in [5, 5.41) is 19.9. The topological polar surface area (TPSA) is 92.9 Å². The molecule has 20 heavy (non-hydrogen) atoms. The first-order chi connectivity index (χ1) is 9.09. The van der Waals surface area contributed by atoms with Gasteiger partial charge in [-0.15, -0.1) is 12.4 Å². The lowest BCUT2D eigenvalue weighted by Crippen LogP contribution is -2.42. The first kappa shape index (κ1) is 16.4. The molecule has 1 aliphatic heterocycles. The van der Waals surface area contributed by atoms with Gasteiger partial charge in [0, 0.05) is 25.2 Å². The lowest BCUT2D eigenvalue weighted by Gasteiger charge is -2.32. The molecule has 0 bridgehead atoms. The van der Waals surface area contributed by atoms with Crippen LogP contribution in [0.2, 0.25) is 0 Å². The Bertz CT molecular complexity index is 473. The van der Waals surface area contributed by atoms with E-state index in [9.17, 15) is 20.0 Å². The molecule has 0 aromatic heterocycles. The van der Waals surface area contributed by atoms with Crippen molar-refractivity contribution in [2.24, 2.45) is 0 Å². The van der Waals surface area contributed by atoms with Gasteiger partial charge in [-0.3, -0.25) is 19.8 Å². The van der Waals surface area contributed by atoms with Crippen LogP contribution in [0.5, 0.6) is 0 Å². The number of benzene rings is 1. The lowest BCUT2D eigenvalue weighted by atomic mass is 10.0. The van der Waals surface area contributed by atoms with Crippen LogP contribution in [-0.2, 0) is 9.53 Å². The van der Waals surface area contributed by atoms with Crippen LogP contribution in [0.3, 0.4) is 0 Å². The third-order valence-electron chi connectivity index (χ3n) is 3.06. The Balaban J connectivity index is 0.00000200. The van der Waals surface area contributed by atoms with Crippen LogP contribution in [-0.4, -0.2) is 47.2 Å². The highest BCUT2D eigenvalue weighted by molar-refractivity contribution is 5.85. The Labute approximate surface area is 121 Å². The molecule has 1 aromatic rings. The molecule has 1 N–H and O–H groups in total. The molecule has 1 saturated heterocycles. The smallest absolute Gasteiger partial charge is 0.325 e. The van der Waals surface area contributed by atoms with Gasteiger partial charge in [-0.25, -0.2) is 0 Å². The summed E-state index contributed by atoms with van der Waals surface area (Å²) < 4.78 is 5.19. The molecular weight excluding hydrogens is 288 g/mol. The van der Waals surface area contributed by atoms with Gasteiger partial charge >= 0.3 is 5.97 Å². The van der Waals surface area contributed by atoms with Gasteiger partial charge in [0.05, 0.1) is 18.1 Å². The van der Waals surface area contributed by atoms with Crippen molar-refractivity contribution >= 4 is 24.1 Å². The molecule has 110 valence electrons. The minimum atomic E-state index is -0.962. The summed E-state index contributed by atoms with van der Waals surface area (Å²) in [5.74, 6) is -0.962. The van der Waals surface area contributed by atoms with Gasteiger partial charge in [0.1, 0.15) is 6.04 Å². The summed E-state index contributed by atoms with van der Waals surface area (Å²) in [7, 11) is 0. The quantitative estimate of drug-likeness (QED) is 0.669. The highest BCUT2D eigenvalue weighted by Crippen LogP contribution is 2.24. The molecule has 8 heteroatoms. The average molecular weight is 303 g/mol. The van der Waals surface area contributed by atoms with E-state index in [1.807, 2.05) is 0 Å². The summed E-state index contributed by atoms with van der Waals surface area (Å²) in [6, 6.07) is 4.85. The van der Waals surface area contributed by atoms with E-state index in [0.29, 0.717) is 31.9 Å². The fraction of sp³-hybridized carbons (Fsp3) is 0.417. The molecule has 0 spiro atoms. The van der Waals surface area contributed by atoms with Gasteiger partial charge in [0.2, 0.25) is 0 Å². The van der Waals surface area contributed by atoms with Crippen molar-refractivity contribution < 1.29 is 19.6 Å². The lowest BCUT2D eigenvalue weighted by molar-refractivity contribution is -0.384. The van der Waals surface area contributed by atoms with Gasteiger partial charge < -0.3 is 9.84 Å². The number of aliphatic carboxylic acids is 1. The Hall–Kier alpha value is -1.70. The molecule has 1 aliphatic rings. The molecule has 7 nitrogen and oxygen atoms in total. The van der Waals surface area contributed by atoms with Crippen LogP contribution in [0.15, 0.2) is 24.3 Å². The van der Waals surface area contributed by atoms with E-state index in [0.717, 1.165) is 0 Å². The molecule has 0 aliphatic carbocycles. The number of non-ortho nitro benzene ring substituents is 1. The predicted octanol–water partition coefficient (Wildman–Crippen LogP) is 1.47. The van der Waals surface area contributed by atoms with Crippen LogP contribution in [0, 0.1) is 10.1 Å². The van der Waals surface area contributed by atoms with Gasteiger partial charge in [-0.2, -0.15) is 0 Å². The summed E-state index contributed by atoms with van der Waals surface area (Å²) in [6.07, 6.45) is 0. The van der Waals surface area contributed by atoms with Crippen molar-refractivity contribution in [3.8, 4) is 0 Å². The van der Waals surface area contributed by atoms with Gasteiger partial charge in [0.15, 0.2) is 0 Å².